The molecule has 1 aliphatic heterocycles. The van der Waals surface area contributed by atoms with Gasteiger partial charge in [-0.25, -0.2) is 0 Å². The van der Waals surface area contributed by atoms with Crippen LogP contribution in [0.5, 0.6) is 0 Å². The van der Waals surface area contributed by atoms with Crippen molar-refractivity contribution < 1.29 is 14.6 Å². The van der Waals surface area contributed by atoms with Crippen LogP contribution in [-0.2, 0) is 9.53 Å². The van der Waals surface area contributed by atoms with Crippen molar-refractivity contribution in [3.63, 3.8) is 0 Å². The molecule has 1 N–H and O–H groups in total. The first kappa shape index (κ1) is 11.0. The molecule has 1 amide bonds. The van der Waals surface area contributed by atoms with Gasteiger partial charge in [0.2, 0.25) is 5.91 Å². The van der Waals surface area contributed by atoms with Crippen molar-refractivity contribution in [1.82, 2.24) is 4.90 Å². The van der Waals surface area contributed by atoms with Gasteiger partial charge in [0.15, 0.2) is 0 Å². The van der Waals surface area contributed by atoms with E-state index in [-0.39, 0.29) is 18.6 Å². The summed E-state index contributed by atoms with van der Waals surface area (Å²) in [6.07, 6.45) is 5.89. The van der Waals surface area contributed by atoms with E-state index in [1.165, 1.54) is 0 Å². The lowest BCUT2D eigenvalue weighted by atomic mass is 10.2. The van der Waals surface area contributed by atoms with Crippen LogP contribution in [0.3, 0.4) is 0 Å². The minimum absolute atomic E-state index is 0.00491. The van der Waals surface area contributed by atoms with E-state index in [4.69, 9.17) is 16.3 Å². The fourth-order valence-corrected chi connectivity index (χ4v) is 1.46. The molecule has 1 fully saturated rings. The third kappa shape index (κ3) is 2.72. The van der Waals surface area contributed by atoms with Crippen LogP contribution in [0.1, 0.15) is 12.8 Å². The third-order valence-corrected chi connectivity index (χ3v) is 2.24. The Hall–Kier alpha value is -1.05. The van der Waals surface area contributed by atoms with Gasteiger partial charge >= 0.3 is 0 Å². The van der Waals surface area contributed by atoms with Crippen LogP contribution < -0.4 is 0 Å². The molecule has 1 heterocycles. The molecule has 1 aliphatic rings. The van der Waals surface area contributed by atoms with Gasteiger partial charge in [0.1, 0.15) is 0 Å². The van der Waals surface area contributed by atoms with Crippen molar-refractivity contribution in [2.45, 2.75) is 18.9 Å². The minimum Gasteiger partial charge on any atom is -0.394 e. The summed E-state index contributed by atoms with van der Waals surface area (Å²) in [6.45, 7) is 1.45. The first-order valence-corrected chi connectivity index (χ1v) is 4.71. The van der Waals surface area contributed by atoms with E-state index in [0.29, 0.717) is 32.6 Å². The van der Waals surface area contributed by atoms with Crippen molar-refractivity contribution in [2.24, 2.45) is 0 Å². The number of amides is 1. The van der Waals surface area contributed by atoms with E-state index in [1.54, 1.807) is 4.90 Å². The molecule has 1 unspecified atom stereocenters. The molecule has 0 aliphatic carbocycles. The number of aliphatic hydroxyl groups is 1. The average molecular weight is 197 g/mol. The van der Waals surface area contributed by atoms with Crippen LogP contribution in [0.15, 0.2) is 0 Å². The number of terminal acetylenes is 1. The molecule has 0 bridgehead atoms. The SMILES string of the molecule is C#CCCC(=O)N1CCOCC1CO. The van der Waals surface area contributed by atoms with Gasteiger partial charge in [-0.2, -0.15) is 0 Å². The number of ether oxygens (including phenoxy) is 1. The summed E-state index contributed by atoms with van der Waals surface area (Å²) in [7, 11) is 0. The van der Waals surface area contributed by atoms with Crippen LogP contribution in [0, 0.1) is 12.3 Å². The number of carbonyl (C=O) groups excluding carboxylic acids is 1. The minimum atomic E-state index is -0.200. The second kappa shape index (κ2) is 5.63. The van der Waals surface area contributed by atoms with Crippen LogP contribution in [0.2, 0.25) is 0 Å². The Bertz CT molecular complexity index is 234. The third-order valence-electron chi connectivity index (χ3n) is 2.24. The molecule has 1 atom stereocenters. The Morgan fingerprint density at radius 3 is 3.14 bits per heavy atom. The lowest BCUT2D eigenvalue weighted by molar-refractivity contribution is -0.141. The van der Waals surface area contributed by atoms with E-state index in [0.717, 1.165) is 0 Å². The summed E-state index contributed by atoms with van der Waals surface area (Å²) in [5, 5.41) is 9.02. The molecule has 0 aromatic rings. The van der Waals surface area contributed by atoms with E-state index >= 15 is 0 Å². The van der Waals surface area contributed by atoms with E-state index in [2.05, 4.69) is 5.92 Å². The van der Waals surface area contributed by atoms with Crippen molar-refractivity contribution >= 4 is 5.91 Å². The monoisotopic (exact) mass is 197 g/mol. The zero-order valence-electron chi connectivity index (χ0n) is 8.11. The lowest BCUT2D eigenvalue weighted by Gasteiger charge is -2.34. The summed E-state index contributed by atoms with van der Waals surface area (Å²) in [6, 6.07) is -0.200. The van der Waals surface area contributed by atoms with E-state index in [9.17, 15) is 4.79 Å². The normalized spacial score (nSPS) is 21.7. The molecule has 0 aromatic heterocycles. The molecule has 0 radical (unpaired) electrons. The largest absolute Gasteiger partial charge is 0.394 e. The molecule has 1 rings (SSSR count). The molecule has 0 spiro atoms. The first-order valence-electron chi connectivity index (χ1n) is 4.71. The Balaban J connectivity index is 2.46. The van der Waals surface area contributed by atoms with Gasteiger partial charge in [-0.15, -0.1) is 12.3 Å². The van der Waals surface area contributed by atoms with Crippen LogP contribution in [-0.4, -0.2) is 48.3 Å². The van der Waals surface area contributed by atoms with Gasteiger partial charge in [-0.1, -0.05) is 0 Å². The maximum atomic E-state index is 11.6. The van der Waals surface area contributed by atoms with Crippen molar-refractivity contribution in [3.05, 3.63) is 0 Å². The number of aliphatic hydroxyl groups excluding tert-OH is 1. The Labute approximate surface area is 83.8 Å². The zero-order chi connectivity index (χ0) is 10.4. The number of carbonyl (C=O) groups is 1. The molecular formula is C10H15NO3. The van der Waals surface area contributed by atoms with E-state index < -0.39 is 0 Å². The summed E-state index contributed by atoms with van der Waals surface area (Å²) >= 11 is 0. The van der Waals surface area contributed by atoms with Gasteiger partial charge in [0, 0.05) is 19.4 Å². The summed E-state index contributed by atoms with van der Waals surface area (Å²) < 4.78 is 5.16. The molecule has 14 heavy (non-hydrogen) atoms. The predicted molar refractivity (Wildman–Crippen MR) is 51.5 cm³/mol. The molecule has 1 saturated heterocycles. The van der Waals surface area contributed by atoms with Crippen molar-refractivity contribution in [2.75, 3.05) is 26.4 Å². The van der Waals surface area contributed by atoms with Crippen molar-refractivity contribution in [3.8, 4) is 12.3 Å². The number of morpholine rings is 1. The predicted octanol–water partition coefficient (Wildman–Crippen LogP) is -0.381. The number of nitrogens with zero attached hydrogens (tertiary/aromatic N) is 1. The fourth-order valence-electron chi connectivity index (χ4n) is 1.46. The number of hydrogen-bond acceptors (Lipinski definition) is 3. The molecule has 78 valence electrons. The van der Waals surface area contributed by atoms with Crippen molar-refractivity contribution in [1.29, 1.82) is 0 Å². The molecule has 0 saturated carbocycles. The topological polar surface area (TPSA) is 49.8 Å². The Kier molecular flexibility index (Phi) is 4.44. The second-order valence-corrected chi connectivity index (χ2v) is 3.20. The summed E-state index contributed by atoms with van der Waals surface area (Å²) in [4.78, 5) is 13.2. The molecule has 4 nitrogen and oxygen atoms in total. The van der Waals surface area contributed by atoms with Crippen LogP contribution in [0.25, 0.3) is 0 Å². The zero-order valence-corrected chi connectivity index (χ0v) is 8.11. The number of hydrogen-bond donors (Lipinski definition) is 1. The maximum absolute atomic E-state index is 11.6. The highest BCUT2D eigenvalue weighted by Gasteiger charge is 2.25. The van der Waals surface area contributed by atoms with Crippen LogP contribution in [0.4, 0.5) is 0 Å². The molecular weight excluding hydrogens is 182 g/mol. The Morgan fingerprint density at radius 1 is 1.71 bits per heavy atom. The van der Waals surface area contributed by atoms with Crippen LogP contribution >= 0.6 is 0 Å². The summed E-state index contributed by atoms with van der Waals surface area (Å²) in [5.74, 6) is 2.43. The number of rotatable bonds is 3. The highest BCUT2D eigenvalue weighted by molar-refractivity contribution is 5.76. The lowest BCUT2D eigenvalue weighted by Crippen LogP contribution is -2.50. The second-order valence-electron chi connectivity index (χ2n) is 3.20. The van der Waals surface area contributed by atoms with Gasteiger partial charge in [0.05, 0.1) is 25.9 Å². The van der Waals surface area contributed by atoms with Gasteiger partial charge in [-0.3, -0.25) is 4.79 Å². The van der Waals surface area contributed by atoms with Gasteiger partial charge < -0.3 is 14.7 Å². The Morgan fingerprint density at radius 2 is 2.50 bits per heavy atom. The molecule has 0 aromatic carbocycles. The smallest absolute Gasteiger partial charge is 0.224 e. The molecule has 4 heteroatoms. The van der Waals surface area contributed by atoms with Gasteiger partial charge in [0.25, 0.3) is 0 Å². The fraction of sp³-hybridized carbons (Fsp3) is 0.700. The highest BCUT2D eigenvalue weighted by Crippen LogP contribution is 2.08. The quantitative estimate of drug-likeness (QED) is 0.627. The maximum Gasteiger partial charge on any atom is 0.224 e. The van der Waals surface area contributed by atoms with E-state index in [1.807, 2.05) is 0 Å². The summed E-state index contributed by atoms with van der Waals surface area (Å²) in [5.41, 5.74) is 0. The standard InChI is InChI=1S/C10H15NO3/c1-2-3-4-10(13)11-5-6-14-8-9(11)7-12/h1,9,12H,3-8H2. The highest BCUT2D eigenvalue weighted by atomic mass is 16.5. The first-order chi connectivity index (χ1) is 6.79. The van der Waals surface area contributed by atoms with Gasteiger partial charge in [-0.05, 0) is 0 Å². The average Bonchev–Trinajstić information content (AvgIpc) is 2.25.